The Morgan fingerprint density at radius 2 is 2.04 bits per heavy atom. The van der Waals surface area contributed by atoms with E-state index in [4.69, 9.17) is 0 Å². The number of likely N-dealkylation sites (tertiary alicyclic amines) is 1. The van der Waals surface area contributed by atoms with E-state index in [0.29, 0.717) is 24.0 Å². The van der Waals surface area contributed by atoms with Crippen molar-refractivity contribution in [1.29, 1.82) is 0 Å². The number of hydrogen-bond donors (Lipinski definition) is 3. The summed E-state index contributed by atoms with van der Waals surface area (Å²) in [6.45, 7) is 11.5. The predicted molar refractivity (Wildman–Crippen MR) is 116 cm³/mol. The van der Waals surface area contributed by atoms with E-state index in [0.717, 1.165) is 19.6 Å². The summed E-state index contributed by atoms with van der Waals surface area (Å²) in [5, 5.41) is 16.9. The molecule has 1 aromatic carbocycles. The molecule has 3 N–H and O–H groups in total. The van der Waals surface area contributed by atoms with Gasteiger partial charge >= 0.3 is 0 Å². The topological polar surface area (TPSA) is 59.9 Å². The van der Waals surface area contributed by atoms with Crippen LogP contribution in [-0.4, -0.2) is 54.2 Å². The third-order valence-corrected chi connectivity index (χ3v) is 4.72. The zero-order chi connectivity index (χ0) is 18.4. The summed E-state index contributed by atoms with van der Waals surface area (Å²) in [6, 6.07) is 7.11. The fourth-order valence-corrected chi connectivity index (χ4v) is 3.13. The Labute approximate surface area is 173 Å². The van der Waals surface area contributed by atoms with Crippen LogP contribution in [0.1, 0.15) is 39.4 Å². The van der Waals surface area contributed by atoms with Crippen LogP contribution in [0.15, 0.2) is 29.3 Å². The largest absolute Gasteiger partial charge is 0.386 e. The van der Waals surface area contributed by atoms with Crippen molar-refractivity contribution in [3.63, 3.8) is 0 Å². The summed E-state index contributed by atoms with van der Waals surface area (Å²) in [7, 11) is 0. The van der Waals surface area contributed by atoms with Gasteiger partial charge in [-0.25, -0.2) is 4.39 Å². The van der Waals surface area contributed by atoms with Gasteiger partial charge in [0.1, 0.15) is 11.9 Å². The molecule has 2 rings (SSSR count). The van der Waals surface area contributed by atoms with Crippen molar-refractivity contribution in [3.05, 3.63) is 35.6 Å². The molecule has 0 saturated carbocycles. The maximum Gasteiger partial charge on any atom is 0.191 e. The lowest BCUT2D eigenvalue weighted by Crippen LogP contribution is -2.47. The molecular formula is C19H32FIN4O. The molecule has 0 aliphatic carbocycles. The van der Waals surface area contributed by atoms with Crippen molar-refractivity contribution < 1.29 is 9.50 Å². The van der Waals surface area contributed by atoms with Gasteiger partial charge in [0.05, 0.1) is 6.54 Å². The lowest BCUT2D eigenvalue weighted by atomic mass is 10.1. The van der Waals surface area contributed by atoms with Crippen molar-refractivity contribution in [2.45, 2.75) is 45.9 Å². The monoisotopic (exact) mass is 478 g/mol. The first-order chi connectivity index (χ1) is 11.9. The minimum absolute atomic E-state index is 0. The van der Waals surface area contributed by atoms with Gasteiger partial charge in [0.25, 0.3) is 0 Å². The summed E-state index contributed by atoms with van der Waals surface area (Å²) in [5.41, 5.74) is 0.280. The first kappa shape index (κ1) is 23.1. The average molecular weight is 478 g/mol. The predicted octanol–water partition coefficient (Wildman–Crippen LogP) is 2.76. The van der Waals surface area contributed by atoms with E-state index < -0.39 is 11.9 Å². The summed E-state index contributed by atoms with van der Waals surface area (Å²) >= 11 is 0. The van der Waals surface area contributed by atoms with Gasteiger partial charge in [-0.3, -0.25) is 9.89 Å². The Balaban J connectivity index is 0.00000338. The SMILES string of the molecule is CCNC(=NCC(O)c1ccccc1F)NC1CN(C(C)C)CC1C.I. The molecule has 1 aliphatic heterocycles. The highest BCUT2D eigenvalue weighted by molar-refractivity contribution is 14.0. The molecule has 3 atom stereocenters. The van der Waals surface area contributed by atoms with E-state index in [2.05, 4.69) is 41.3 Å². The van der Waals surface area contributed by atoms with Crippen LogP contribution < -0.4 is 10.6 Å². The van der Waals surface area contributed by atoms with Gasteiger partial charge in [0.15, 0.2) is 5.96 Å². The van der Waals surface area contributed by atoms with Crippen molar-refractivity contribution in [1.82, 2.24) is 15.5 Å². The second-order valence-electron chi connectivity index (χ2n) is 7.03. The van der Waals surface area contributed by atoms with Gasteiger partial charge < -0.3 is 15.7 Å². The molecule has 0 bridgehead atoms. The molecule has 0 amide bonds. The van der Waals surface area contributed by atoms with Gasteiger partial charge in [-0.2, -0.15) is 0 Å². The normalized spacial score (nSPS) is 22.2. The van der Waals surface area contributed by atoms with Gasteiger partial charge in [-0.1, -0.05) is 25.1 Å². The molecule has 1 fully saturated rings. The number of nitrogens with zero attached hydrogens (tertiary/aromatic N) is 2. The summed E-state index contributed by atoms with van der Waals surface area (Å²) in [4.78, 5) is 6.90. The van der Waals surface area contributed by atoms with Crippen LogP contribution >= 0.6 is 24.0 Å². The molecule has 1 aliphatic rings. The minimum Gasteiger partial charge on any atom is -0.386 e. The van der Waals surface area contributed by atoms with E-state index >= 15 is 0 Å². The van der Waals surface area contributed by atoms with Crippen molar-refractivity contribution in [3.8, 4) is 0 Å². The maximum absolute atomic E-state index is 13.8. The Kier molecular flexibility index (Phi) is 9.81. The van der Waals surface area contributed by atoms with E-state index in [9.17, 15) is 9.50 Å². The molecule has 0 spiro atoms. The third kappa shape index (κ3) is 6.35. The van der Waals surface area contributed by atoms with E-state index in [-0.39, 0.29) is 36.1 Å². The number of hydrogen-bond acceptors (Lipinski definition) is 3. The van der Waals surface area contributed by atoms with Crippen LogP contribution in [0.4, 0.5) is 4.39 Å². The summed E-state index contributed by atoms with van der Waals surface area (Å²) in [6.07, 6.45) is -0.954. The highest BCUT2D eigenvalue weighted by atomic mass is 127. The average Bonchev–Trinajstić information content (AvgIpc) is 2.94. The molecule has 0 aromatic heterocycles. The second kappa shape index (κ2) is 11.0. The number of aliphatic hydroxyl groups excluding tert-OH is 1. The number of rotatable bonds is 6. The molecule has 3 unspecified atom stereocenters. The van der Waals surface area contributed by atoms with Crippen LogP contribution in [0.3, 0.4) is 0 Å². The van der Waals surface area contributed by atoms with E-state index in [1.165, 1.54) is 6.07 Å². The van der Waals surface area contributed by atoms with Gasteiger partial charge in [0, 0.05) is 37.3 Å². The molecule has 1 aromatic rings. The number of halogens is 2. The minimum atomic E-state index is -0.954. The van der Waals surface area contributed by atoms with Gasteiger partial charge in [0.2, 0.25) is 0 Å². The number of guanidine groups is 1. The van der Waals surface area contributed by atoms with Crippen molar-refractivity contribution in [2.24, 2.45) is 10.9 Å². The Hall–Kier alpha value is -0.930. The van der Waals surface area contributed by atoms with Gasteiger partial charge in [-0.05, 0) is 32.8 Å². The molecule has 0 radical (unpaired) electrons. The fraction of sp³-hybridized carbons (Fsp3) is 0.632. The smallest absolute Gasteiger partial charge is 0.191 e. The van der Waals surface area contributed by atoms with Crippen molar-refractivity contribution >= 4 is 29.9 Å². The van der Waals surface area contributed by atoms with Crippen molar-refractivity contribution in [2.75, 3.05) is 26.2 Å². The maximum atomic E-state index is 13.8. The highest BCUT2D eigenvalue weighted by Gasteiger charge is 2.31. The molecule has 5 nitrogen and oxygen atoms in total. The first-order valence-electron chi connectivity index (χ1n) is 9.13. The fourth-order valence-electron chi connectivity index (χ4n) is 3.13. The van der Waals surface area contributed by atoms with Crippen LogP contribution in [-0.2, 0) is 0 Å². The number of nitrogens with one attached hydrogen (secondary N) is 2. The zero-order valence-electron chi connectivity index (χ0n) is 16.1. The standard InChI is InChI=1S/C19H31FN4O.HI/c1-5-21-19(23-17-12-24(13(2)3)11-14(17)4)22-10-18(25)15-8-6-7-9-16(15)20;/h6-9,13-14,17-18,25H,5,10-12H2,1-4H3,(H2,21,22,23);1H. The van der Waals surface area contributed by atoms with Crippen LogP contribution in [0.25, 0.3) is 0 Å². The number of aliphatic imine (C=N–C) groups is 1. The number of aliphatic hydroxyl groups is 1. The summed E-state index contributed by atoms with van der Waals surface area (Å²) in [5.74, 6) is 0.781. The second-order valence-corrected chi connectivity index (χ2v) is 7.03. The molecule has 1 saturated heterocycles. The molecule has 7 heteroatoms. The summed E-state index contributed by atoms with van der Waals surface area (Å²) < 4.78 is 13.8. The molecular weight excluding hydrogens is 446 g/mol. The van der Waals surface area contributed by atoms with Crippen LogP contribution in [0.2, 0.25) is 0 Å². The third-order valence-electron chi connectivity index (χ3n) is 4.72. The lowest BCUT2D eigenvalue weighted by molar-refractivity contribution is 0.182. The highest BCUT2D eigenvalue weighted by Crippen LogP contribution is 2.19. The quantitative estimate of drug-likeness (QED) is 0.335. The van der Waals surface area contributed by atoms with Gasteiger partial charge in [-0.15, -0.1) is 24.0 Å². The molecule has 26 heavy (non-hydrogen) atoms. The lowest BCUT2D eigenvalue weighted by Gasteiger charge is -2.22. The molecule has 148 valence electrons. The van der Waals surface area contributed by atoms with Crippen LogP contribution in [0, 0.1) is 11.7 Å². The molecule has 1 heterocycles. The Morgan fingerprint density at radius 1 is 1.35 bits per heavy atom. The zero-order valence-corrected chi connectivity index (χ0v) is 18.4. The first-order valence-corrected chi connectivity index (χ1v) is 9.13. The number of benzene rings is 1. The van der Waals surface area contributed by atoms with E-state index in [1.807, 2.05) is 6.92 Å². The van der Waals surface area contributed by atoms with Crippen LogP contribution in [0.5, 0.6) is 0 Å². The Morgan fingerprint density at radius 3 is 2.62 bits per heavy atom. The Bertz CT molecular complexity index is 584. The van der Waals surface area contributed by atoms with E-state index in [1.54, 1.807) is 18.2 Å².